The molecule has 0 spiro atoms. The number of amides is 1. The fourth-order valence-corrected chi connectivity index (χ4v) is 2.73. The molecule has 2 aromatic rings. The van der Waals surface area contributed by atoms with Crippen LogP contribution in [0.5, 0.6) is 0 Å². The molecule has 0 unspecified atom stereocenters. The van der Waals surface area contributed by atoms with Crippen LogP contribution in [0.2, 0.25) is 0 Å². The van der Waals surface area contributed by atoms with E-state index in [4.69, 9.17) is 0 Å². The Morgan fingerprint density at radius 3 is 2.46 bits per heavy atom. The van der Waals surface area contributed by atoms with Gasteiger partial charge in [0.1, 0.15) is 0 Å². The van der Waals surface area contributed by atoms with Crippen LogP contribution in [0.1, 0.15) is 36.7 Å². The van der Waals surface area contributed by atoms with Gasteiger partial charge < -0.3 is 15.5 Å². The number of anilines is 3. The van der Waals surface area contributed by atoms with Crippen LogP contribution in [0.15, 0.2) is 36.4 Å². The van der Waals surface area contributed by atoms with Crippen molar-refractivity contribution in [3.05, 3.63) is 42.1 Å². The third-order valence-electron chi connectivity index (χ3n) is 4.04. The normalized spacial score (nSPS) is 13.8. The summed E-state index contributed by atoms with van der Waals surface area (Å²) >= 11 is 0. The number of rotatable bonds is 6. The Kier molecular flexibility index (Phi) is 5.25. The Morgan fingerprint density at radius 1 is 1.08 bits per heavy atom. The highest BCUT2D eigenvalue weighted by atomic mass is 16.1. The van der Waals surface area contributed by atoms with Crippen molar-refractivity contribution in [2.75, 3.05) is 29.9 Å². The lowest BCUT2D eigenvalue weighted by Crippen LogP contribution is -2.25. The second-order valence-electron chi connectivity index (χ2n) is 5.93. The molecule has 0 bridgehead atoms. The van der Waals surface area contributed by atoms with Crippen molar-refractivity contribution >= 4 is 23.1 Å². The van der Waals surface area contributed by atoms with E-state index < -0.39 is 0 Å². The second-order valence-corrected chi connectivity index (χ2v) is 5.93. The van der Waals surface area contributed by atoms with E-state index in [1.807, 2.05) is 19.1 Å². The number of hydrogen-bond acceptors (Lipinski definition) is 5. The molecule has 1 fully saturated rings. The van der Waals surface area contributed by atoms with Crippen LogP contribution in [0, 0.1) is 0 Å². The van der Waals surface area contributed by atoms with Gasteiger partial charge in [0.25, 0.3) is 5.91 Å². The van der Waals surface area contributed by atoms with E-state index in [9.17, 15) is 4.79 Å². The van der Waals surface area contributed by atoms with Crippen LogP contribution in [0.3, 0.4) is 0 Å². The fraction of sp³-hybridized carbons (Fsp3) is 0.389. The smallest absolute Gasteiger partial charge is 0.271 e. The highest BCUT2D eigenvalue weighted by Gasteiger charge is 2.12. The number of carbonyl (C=O) groups is 1. The monoisotopic (exact) mass is 325 g/mol. The quantitative estimate of drug-likeness (QED) is 0.854. The Morgan fingerprint density at radius 2 is 1.83 bits per heavy atom. The summed E-state index contributed by atoms with van der Waals surface area (Å²) in [5.74, 6) is 0.432. The first-order valence-electron chi connectivity index (χ1n) is 8.50. The maximum absolute atomic E-state index is 11.8. The maximum atomic E-state index is 11.8. The molecule has 1 amide bonds. The van der Waals surface area contributed by atoms with Crippen molar-refractivity contribution in [2.45, 2.75) is 26.2 Å². The van der Waals surface area contributed by atoms with Crippen molar-refractivity contribution in [3.8, 4) is 0 Å². The topological polar surface area (TPSA) is 70.2 Å². The van der Waals surface area contributed by atoms with Crippen molar-refractivity contribution in [1.82, 2.24) is 15.5 Å². The summed E-state index contributed by atoms with van der Waals surface area (Å²) in [5, 5.41) is 14.0. The van der Waals surface area contributed by atoms with Crippen molar-refractivity contribution in [1.29, 1.82) is 0 Å². The minimum absolute atomic E-state index is 0.189. The molecule has 1 saturated heterocycles. The van der Waals surface area contributed by atoms with Crippen molar-refractivity contribution in [2.24, 2.45) is 0 Å². The number of hydrogen-bond donors (Lipinski definition) is 2. The minimum Gasteiger partial charge on any atom is -0.372 e. The number of nitrogens with zero attached hydrogens (tertiary/aromatic N) is 3. The predicted molar refractivity (Wildman–Crippen MR) is 95.8 cm³/mol. The molecule has 6 nitrogen and oxygen atoms in total. The second kappa shape index (κ2) is 7.77. The van der Waals surface area contributed by atoms with Gasteiger partial charge in [-0.15, -0.1) is 10.2 Å². The maximum Gasteiger partial charge on any atom is 0.271 e. The highest BCUT2D eigenvalue weighted by Crippen LogP contribution is 2.23. The van der Waals surface area contributed by atoms with Gasteiger partial charge >= 0.3 is 0 Å². The lowest BCUT2D eigenvalue weighted by atomic mass is 10.2. The molecule has 2 heterocycles. The molecule has 0 radical (unpaired) electrons. The van der Waals surface area contributed by atoms with Crippen LogP contribution < -0.4 is 15.5 Å². The number of benzene rings is 1. The van der Waals surface area contributed by atoms with E-state index in [1.54, 1.807) is 12.1 Å². The molecule has 0 aliphatic carbocycles. The zero-order valence-corrected chi connectivity index (χ0v) is 14.0. The van der Waals surface area contributed by atoms with Gasteiger partial charge in [0.05, 0.1) is 0 Å². The summed E-state index contributed by atoms with van der Waals surface area (Å²) < 4.78 is 0. The number of aromatic nitrogens is 2. The largest absolute Gasteiger partial charge is 0.372 e. The van der Waals surface area contributed by atoms with Crippen LogP contribution in [0.25, 0.3) is 0 Å². The summed E-state index contributed by atoms with van der Waals surface area (Å²) in [6.45, 7) is 4.93. The Labute approximate surface area is 142 Å². The number of carbonyl (C=O) groups excluding carboxylic acids is 1. The first kappa shape index (κ1) is 16.2. The molecule has 24 heavy (non-hydrogen) atoms. The summed E-state index contributed by atoms with van der Waals surface area (Å²) in [5.41, 5.74) is 2.54. The predicted octanol–water partition coefficient (Wildman–Crippen LogP) is 2.96. The third kappa shape index (κ3) is 4.01. The van der Waals surface area contributed by atoms with Gasteiger partial charge in [0.15, 0.2) is 11.5 Å². The molecule has 3 rings (SSSR count). The average Bonchev–Trinajstić information content (AvgIpc) is 3.15. The van der Waals surface area contributed by atoms with Gasteiger partial charge in [-0.2, -0.15) is 0 Å². The van der Waals surface area contributed by atoms with Crippen LogP contribution >= 0.6 is 0 Å². The zero-order valence-electron chi connectivity index (χ0n) is 14.0. The lowest BCUT2D eigenvalue weighted by molar-refractivity contribution is 0.0947. The van der Waals surface area contributed by atoms with Crippen molar-refractivity contribution in [3.63, 3.8) is 0 Å². The molecular weight excluding hydrogens is 302 g/mol. The van der Waals surface area contributed by atoms with Gasteiger partial charge in [0.2, 0.25) is 0 Å². The van der Waals surface area contributed by atoms with Gasteiger partial charge in [-0.05, 0) is 55.7 Å². The van der Waals surface area contributed by atoms with Gasteiger partial charge in [-0.1, -0.05) is 6.92 Å². The van der Waals surface area contributed by atoms with E-state index in [0.29, 0.717) is 18.1 Å². The third-order valence-corrected chi connectivity index (χ3v) is 4.04. The molecule has 1 aliphatic rings. The molecule has 6 heteroatoms. The first-order chi connectivity index (χ1) is 11.8. The lowest BCUT2D eigenvalue weighted by Gasteiger charge is -2.17. The molecule has 2 N–H and O–H groups in total. The summed E-state index contributed by atoms with van der Waals surface area (Å²) in [6, 6.07) is 11.8. The van der Waals surface area contributed by atoms with E-state index in [0.717, 1.165) is 25.2 Å². The molecule has 1 aliphatic heterocycles. The standard InChI is InChI=1S/C18H23N5O/c1-2-11-19-18(24)16-9-10-17(22-21-16)20-14-5-7-15(8-6-14)23-12-3-4-13-23/h5-10H,2-4,11-13H2,1H3,(H,19,24)(H,20,22). The Balaban J connectivity index is 1.60. The zero-order chi connectivity index (χ0) is 16.8. The highest BCUT2D eigenvalue weighted by molar-refractivity contribution is 5.92. The van der Waals surface area contributed by atoms with E-state index in [-0.39, 0.29) is 5.91 Å². The molecule has 1 aromatic heterocycles. The minimum atomic E-state index is -0.189. The van der Waals surface area contributed by atoms with Gasteiger partial charge in [-0.25, -0.2) is 0 Å². The molecule has 0 atom stereocenters. The van der Waals surface area contributed by atoms with Gasteiger partial charge in [0, 0.05) is 31.0 Å². The van der Waals surface area contributed by atoms with Crippen LogP contribution in [-0.2, 0) is 0 Å². The van der Waals surface area contributed by atoms with Gasteiger partial charge in [-0.3, -0.25) is 4.79 Å². The van der Waals surface area contributed by atoms with Crippen molar-refractivity contribution < 1.29 is 4.79 Å². The first-order valence-corrected chi connectivity index (χ1v) is 8.50. The Hall–Kier alpha value is -2.63. The summed E-state index contributed by atoms with van der Waals surface area (Å²) in [4.78, 5) is 14.2. The average molecular weight is 325 g/mol. The van der Waals surface area contributed by atoms with E-state index in [1.165, 1.54) is 18.5 Å². The van der Waals surface area contributed by atoms with Crippen LogP contribution in [-0.4, -0.2) is 35.7 Å². The summed E-state index contributed by atoms with van der Waals surface area (Å²) in [6.07, 6.45) is 3.44. The SMILES string of the molecule is CCCNC(=O)c1ccc(Nc2ccc(N3CCCC3)cc2)nn1. The summed E-state index contributed by atoms with van der Waals surface area (Å²) in [7, 11) is 0. The molecule has 1 aromatic carbocycles. The fourth-order valence-electron chi connectivity index (χ4n) is 2.73. The number of nitrogens with one attached hydrogen (secondary N) is 2. The molecule has 126 valence electrons. The molecule has 0 saturated carbocycles. The van der Waals surface area contributed by atoms with Crippen LogP contribution in [0.4, 0.5) is 17.2 Å². The Bertz CT molecular complexity index is 663. The molecular formula is C18H23N5O. The van der Waals surface area contributed by atoms with E-state index >= 15 is 0 Å². The van der Waals surface area contributed by atoms with E-state index in [2.05, 4.69) is 37.9 Å².